The molecule has 142 valence electrons. The van der Waals surface area contributed by atoms with Gasteiger partial charge in [0.2, 0.25) is 11.8 Å². The van der Waals surface area contributed by atoms with E-state index in [-0.39, 0.29) is 12.1 Å². The third kappa shape index (κ3) is 5.34. The standard InChI is InChI=1S/C19H19F2N3O3/c1-11-4-3-5-13(8-11)18(26)23-10-16(25)24-17(19(27)22-2)12-6-7-14(20)15(21)9-12/h3-9,17H,10H2,1-2H3,(H,22,27)(H,23,26)(H,24,25). The Labute approximate surface area is 155 Å². The van der Waals surface area contributed by atoms with Gasteiger partial charge in [0.05, 0.1) is 6.54 Å². The van der Waals surface area contributed by atoms with Gasteiger partial charge in [-0.05, 0) is 36.8 Å². The first-order chi connectivity index (χ1) is 12.8. The lowest BCUT2D eigenvalue weighted by atomic mass is 10.1. The quantitative estimate of drug-likeness (QED) is 0.717. The van der Waals surface area contributed by atoms with Gasteiger partial charge in [-0.2, -0.15) is 0 Å². The summed E-state index contributed by atoms with van der Waals surface area (Å²) in [4.78, 5) is 36.2. The lowest BCUT2D eigenvalue weighted by molar-refractivity contribution is -0.128. The maximum atomic E-state index is 13.4. The Hall–Kier alpha value is -3.29. The highest BCUT2D eigenvalue weighted by atomic mass is 19.2. The van der Waals surface area contributed by atoms with E-state index in [0.717, 1.165) is 17.7 Å². The molecule has 2 rings (SSSR count). The van der Waals surface area contributed by atoms with Gasteiger partial charge in [-0.25, -0.2) is 8.78 Å². The van der Waals surface area contributed by atoms with Crippen molar-refractivity contribution in [3.05, 3.63) is 70.8 Å². The third-order valence-corrected chi connectivity index (χ3v) is 3.78. The minimum atomic E-state index is -1.23. The number of benzene rings is 2. The molecule has 0 aliphatic carbocycles. The van der Waals surface area contributed by atoms with Gasteiger partial charge in [-0.15, -0.1) is 0 Å². The molecule has 2 aromatic carbocycles. The molecule has 0 aromatic heterocycles. The fraction of sp³-hybridized carbons (Fsp3) is 0.211. The number of aryl methyl sites for hydroxylation is 1. The molecule has 1 unspecified atom stereocenters. The molecule has 0 aliphatic rings. The van der Waals surface area contributed by atoms with Crippen molar-refractivity contribution in [2.24, 2.45) is 0 Å². The summed E-state index contributed by atoms with van der Waals surface area (Å²) in [6, 6.07) is 8.50. The normalized spacial score (nSPS) is 11.4. The van der Waals surface area contributed by atoms with Crippen LogP contribution < -0.4 is 16.0 Å². The Morgan fingerprint density at radius 3 is 2.41 bits per heavy atom. The highest BCUT2D eigenvalue weighted by Gasteiger charge is 2.23. The van der Waals surface area contributed by atoms with Gasteiger partial charge in [0, 0.05) is 12.6 Å². The van der Waals surface area contributed by atoms with Crippen LogP contribution in [0.2, 0.25) is 0 Å². The van der Waals surface area contributed by atoms with Crippen molar-refractivity contribution in [1.29, 1.82) is 0 Å². The first kappa shape index (κ1) is 20.0. The molecule has 0 heterocycles. The fourth-order valence-electron chi connectivity index (χ4n) is 2.40. The molecular weight excluding hydrogens is 356 g/mol. The number of nitrogens with one attached hydrogen (secondary N) is 3. The predicted octanol–water partition coefficient (Wildman–Crippen LogP) is 1.61. The number of hydrogen-bond acceptors (Lipinski definition) is 3. The smallest absolute Gasteiger partial charge is 0.251 e. The Kier molecular flexibility index (Phi) is 6.59. The molecule has 3 amide bonds. The second-order valence-corrected chi connectivity index (χ2v) is 5.84. The summed E-state index contributed by atoms with van der Waals surface area (Å²) in [6.45, 7) is 1.45. The zero-order valence-electron chi connectivity index (χ0n) is 14.8. The number of carbonyl (C=O) groups is 3. The monoisotopic (exact) mass is 375 g/mol. The molecule has 1 atom stereocenters. The molecular formula is C19H19F2N3O3. The van der Waals surface area contributed by atoms with Gasteiger partial charge in [0.1, 0.15) is 6.04 Å². The molecule has 6 nitrogen and oxygen atoms in total. The lowest BCUT2D eigenvalue weighted by Crippen LogP contribution is -2.43. The first-order valence-corrected chi connectivity index (χ1v) is 8.12. The van der Waals surface area contributed by atoms with Crippen molar-refractivity contribution < 1.29 is 23.2 Å². The van der Waals surface area contributed by atoms with E-state index in [1.54, 1.807) is 18.2 Å². The molecule has 8 heteroatoms. The minimum absolute atomic E-state index is 0.0756. The number of rotatable bonds is 6. The average molecular weight is 375 g/mol. The number of likely N-dealkylation sites (N-methyl/N-ethyl adjacent to an activating group) is 1. The Morgan fingerprint density at radius 2 is 1.78 bits per heavy atom. The van der Waals surface area contributed by atoms with E-state index in [0.29, 0.717) is 5.56 Å². The van der Waals surface area contributed by atoms with Crippen LogP contribution in [0.4, 0.5) is 8.78 Å². The summed E-state index contributed by atoms with van der Waals surface area (Å²) in [5, 5.41) is 7.18. The molecule has 0 radical (unpaired) electrons. The van der Waals surface area contributed by atoms with Crippen LogP contribution in [0.25, 0.3) is 0 Å². The topological polar surface area (TPSA) is 87.3 Å². The van der Waals surface area contributed by atoms with Crippen LogP contribution in [0.3, 0.4) is 0 Å². The van der Waals surface area contributed by atoms with E-state index >= 15 is 0 Å². The van der Waals surface area contributed by atoms with Crippen molar-refractivity contribution >= 4 is 17.7 Å². The highest BCUT2D eigenvalue weighted by Crippen LogP contribution is 2.16. The predicted molar refractivity (Wildman–Crippen MR) is 94.8 cm³/mol. The van der Waals surface area contributed by atoms with E-state index in [9.17, 15) is 23.2 Å². The fourth-order valence-corrected chi connectivity index (χ4v) is 2.40. The zero-order valence-corrected chi connectivity index (χ0v) is 14.8. The van der Waals surface area contributed by atoms with Crippen molar-refractivity contribution in [1.82, 2.24) is 16.0 Å². The maximum Gasteiger partial charge on any atom is 0.251 e. The summed E-state index contributed by atoms with van der Waals surface area (Å²) in [5.41, 5.74) is 1.36. The van der Waals surface area contributed by atoms with Crippen molar-refractivity contribution in [2.75, 3.05) is 13.6 Å². The van der Waals surface area contributed by atoms with Gasteiger partial charge in [-0.3, -0.25) is 14.4 Å². The lowest BCUT2D eigenvalue weighted by Gasteiger charge is -2.18. The van der Waals surface area contributed by atoms with Gasteiger partial charge in [-0.1, -0.05) is 23.8 Å². The van der Waals surface area contributed by atoms with Crippen LogP contribution in [-0.4, -0.2) is 31.3 Å². The molecule has 0 spiro atoms. The van der Waals surface area contributed by atoms with Crippen LogP contribution in [0.15, 0.2) is 42.5 Å². The number of halogens is 2. The van der Waals surface area contributed by atoms with E-state index in [1.807, 2.05) is 13.0 Å². The summed E-state index contributed by atoms with van der Waals surface area (Å²) in [6.07, 6.45) is 0. The molecule has 0 aliphatic heterocycles. The van der Waals surface area contributed by atoms with Gasteiger partial charge in [0.15, 0.2) is 11.6 Å². The van der Waals surface area contributed by atoms with Gasteiger partial charge >= 0.3 is 0 Å². The molecule has 0 saturated carbocycles. The second-order valence-electron chi connectivity index (χ2n) is 5.84. The summed E-state index contributed by atoms with van der Waals surface area (Å²) in [7, 11) is 1.35. The third-order valence-electron chi connectivity index (χ3n) is 3.78. The van der Waals surface area contributed by atoms with Crippen molar-refractivity contribution in [3.63, 3.8) is 0 Å². The number of amides is 3. The summed E-state index contributed by atoms with van der Waals surface area (Å²) < 4.78 is 26.5. The van der Waals surface area contributed by atoms with Gasteiger partial charge < -0.3 is 16.0 Å². The molecule has 0 bridgehead atoms. The highest BCUT2D eigenvalue weighted by molar-refractivity contribution is 5.97. The van der Waals surface area contributed by atoms with Crippen LogP contribution >= 0.6 is 0 Å². The molecule has 3 N–H and O–H groups in total. The van der Waals surface area contributed by atoms with E-state index in [4.69, 9.17) is 0 Å². The zero-order chi connectivity index (χ0) is 20.0. The summed E-state index contributed by atoms with van der Waals surface area (Å²) >= 11 is 0. The van der Waals surface area contributed by atoms with Crippen molar-refractivity contribution in [2.45, 2.75) is 13.0 Å². The Morgan fingerprint density at radius 1 is 1.04 bits per heavy atom. The molecule has 0 fully saturated rings. The molecule has 0 saturated heterocycles. The van der Waals surface area contributed by atoms with E-state index in [2.05, 4.69) is 16.0 Å². The van der Waals surface area contributed by atoms with E-state index in [1.165, 1.54) is 13.1 Å². The number of hydrogen-bond donors (Lipinski definition) is 3. The SMILES string of the molecule is CNC(=O)C(NC(=O)CNC(=O)c1cccc(C)c1)c1ccc(F)c(F)c1. The Balaban J connectivity index is 2.04. The average Bonchev–Trinajstić information content (AvgIpc) is 2.65. The van der Waals surface area contributed by atoms with Crippen LogP contribution in [0, 0.1) is 18.6 Å². The Bertz CT molecular complexity index is 871. The van der Waals surface area contributed by atoms with E-state index < -0.39 is 35.4 Å². The van der Waals surface area contributed by atoms with Gasteiger partial charge in [0.25, 0.3) is 5.91 Å². The minimum Gasteiger partial charge on any atom is -0.357 e. The summed E-state index contributed by atoms with van der Waals surface area (Å²) in [5.74, 6) is -3.92. The second kappa shape index (κ2) is 8.88. The van der Waals surface area contributed by atoms with Crippen molar-refractivity contribution in [3.8, 4) is 0 Å². The van der Waals surface area contributed by atoms with Crippen LogP contribution in [0.5, 0.6) is 0 Å². The van der Waals surface area contributed by atoms with Crippen LogP contribution in [-0.2, 0) is 9.59 Å². The molecule has 27 heavy (non-hydrogen) atoms. The largest absolute Gasteiger partial charge is 0.357 e. The first-order valence-electron chi connectivity index (χ1n) is 8.12. The number of carbonyl (C=O) groups excluding carboxylic acids is 3. The van der Waals surface area contributed by atoms with Crippen LogP contribution in [0.1, 0.15) is 27.5 Å². The maximum absolute atomic E-state index is 13.4. The molecule has 2 aromatic rings.